The molecule has 6 nitrogen and oxygen atoms in total. The molecule has 29 heavy (non-hydrogen) atoms. The molecule has 0 heterocycles. The third kappa shape index (κ3) is 6.94. The molecule has 1 amide bonds. The number of anilines is 1. The summed E-state index contributed by atoms with van der Waals surface area (Å²) in [6, 6.07) is 13.2. The van der Waals surface area contributed by atoms with Crippen molar-refractivity contribution in [3.05, 3.63) is 59.1 Å². The SMILES string of the molecule is CCCc1ccc(OCCNC(=O)[C@H](C)N(c2ccc(Cl)cc2)S(C)(=O)=O)cc1. The second-order valence-electron chi connectivity index (χ2n) is 6.74. The minimum atomic E-state index is -3.66. The Hall–Kier alpha value is -2.25. The van der Waals surface area contributed by atoms with Gasteiger partial charge in [-0.15, -0.1) is 0 Å². The first-order valence-corrected chi connectivity index (χ1v) is 11.7. The van der Waals surface area contributed by atoms with Crippen LogP contribution in [0.5, 0.6) is 5.75 Å². The van der Waals surface area contributed by atoms with Gasteiger partial charge in [0, 0.05) is 5.02 Å². The van der Waals surface area contributed by atoms with Gasteiger partial charge in [-0.2, -0.15) is 0 Å². The number of carbonyl (C=O) groups is 1. The molecule has 0 aromatic heterocycles. The van der Waals surface area contributed by atoms with Gasteiger partial charge in [-0.1, -0.05) is 37.1 Å². The molecule has 8 heteroatoms. The zero-order valence-corrected chi connectivity index (χ0v) is 18.5. The first-order chi connectivity index (χ1) is 13.7. The number of sulfonamides is 1. The van der Waals surface area contributed by atoms with Gasteiger partial charge < -0.3 is 10.1 Å². The zero-order chi connectivity index (χ0) is 21.4. The predicted molar refractivity (Wildman–Crippen MR) is 117 cm³/mol. The number of amides is 1. The summed E-state index contributed by atoms with van der Waals surface area (Å²) in [5, 5.41) is 3.21. The molecule has 2 aromatic carbocycles. The first kappa shape index (κ1) is 23.0. The van der Waals surface area contributed by atoms with Crippen LogP contribution in [-0.4, -0.2) is 39.8 Å². The van der Waals surface area contributed by atoms with Gasteiger partial charge >= 0.3 is 0 Å². The summed E-state index contributed by atoms with van der Waals surface area (Å²) in [6.07, 6.45) is 3.18. The van der Waals surface area contributed by atoms with Crippen LogP contribution in [0, 0.1) is 0 Å². The summed E-state index contributed by atoms with van der Waals surface area (Å²) in [4.78, 5) is 12.5. The Morgan fingerprint density at radius 2 is 1.76 bits per heavy atom. The molecule has 1 N–H and O–H groups in total. The van der Waals surface area contributed by atoms with E-state index in [1.54, 1.807) is 24.3 Å². The lowest BCUT2D eigenvalue weighted by molar-refractivity contribution is -0.121. The number of ether oxygens (including phenoxy) is 1. The Kier molecular flexibility index (Phi) is 8.34. The molecule has 0 fully saturated rings. The van der Waals surface area contributed by atoms with E-state index in [-0.39, 0.29) is 13.2 Å². The van der Waals surface area contributed by atoms with E-state index >= 15 is 0 Å². The fourth-order valence-corrected chi connectivity index (χ4v) is 4.23. The Morgan fingerprint density at radius 3 is 2.31 bits per heavy atom. The first-order valence-electron chi connectivity index (χ1n) is 9.46. The van der Waals surface area contributed by atoms with Crippen LogP contribution >= 0.6 is 11.6 Å². The Bertz CT molecular complexity index is 899. The van der Waals surface area contributed by atoms with Crippen molar-refractivity contribution < 1.29 is 17.9 Å². The molecule has 0 bridgehead atoms. The number of nitrogens with zero attached hydrogens (tertiary/aromatic N) is 1. The number of halogens is 1. The highest BCUT2D eigenvalue weighted by Gasteiger charge is 2.28. The van der Waals surface area contributed by atoms with Crippen LogP contribution in [0.1, 0.15) is 25.8 Å². The number of aryl methyl sites for hydroxylation is 1. The van der Waals surface area contributed by atoms with Crippen molar-refractivity contribution in [1.29, 1.82) is 0 Å². The molecular weight excluding hydrogens is 412 g/mol. The monoisotopic (exact) mass is 438 g/mol. The van der Waals surface area contributed by atoms with Crippen molar-refractivity contribution in [3.8, 4) is 5.75 Å². The number of hydrogen-bond acceptors (Lipinski definition) is 4. The highest BCUT2D eigenvalue weighted by molar-refractivity contribution is 7.92. The summed E-state index contributed by atoms with van der Waals surface area (Å²) in [7, 11) is -3.66. The molecule has 0 radical (unpaired) electrons. The van der Waals surface area contributed by atoms with Gasteiger partial charge in [-0.3, -0.25) is 9.10 Å². The summed E-state index contributed by atoms with van der Waals surface area (Å²) in [6.45, 7) is 4.22. The van der Waals surface area contributed by atoms with Gasteiger partial charge in [-0.25, -0.2) is 8.42 Å². The van der Waals surface area contributed by atoms with Gasteiger partial charge in [0.25, 0.3) is 0 Å². The average molecular weight is 439 g/mol. The molecule has 158 valence electrons. The van der Waals surface area contributed by atoms with E-state index in [2.05, 4.69) is 12.2 Å². The maximum Gasteiger partial charge on any atom is 0.243 e. The lowest BCUT2D eigenvalue weighted by Gasteiger charge is -2.28. The third-order valence-electron chi connectivity index (χ3n) is 4.30. The van der Waals surface area contributed by atoms with E-state index in [1.807, 2.05) is 24.3 Å². The fourth-order valence-electron chi connectivity index (χ4n) is 2.93. The standard InChI is InChI=1S/C21H27ClN2O4S/c1-4-5-17-6-12-20(13-7-17)28-15-14-23-21(25)16(2)24(29(3,26)27)19-10-8-18(22)9-11-19/h6-13,16H,4-5,14-15H2,1-3H3,(H,23,25)/t16-/m0/s1. The topological polar surface area (TPSA) is 75.7 Å². The van der Waals surface area contributed by atoms with Gasteiger partial charge in [0.15, 0.2) is 0 Å². The van der Waals surface area contributed by atoms with Crippen molar-refractivity contribution in [2.24, 2.45) is 0 Å². The summed E-state index contributed by atoms with van der Waals surface area (Å²) < 4.78 is 31.2. The fraction of sp³-hybridized carbons (Fsp3) is 0.381. The van der Waals surface area contributed by atoms with Crippen molar-refractivity contribution in [2.45, 2.75) is 32.7 Å². The van der Waals surface area contributed by atoms with E-state index in [0.29, 0.717) is 10.7 Å². The molecule has 2 rings (SSSR count). The Morgan fingerprint density at radius 1 is 1.14 bits per heavy atom. The smallest absolute Gasteiger partial charge is 0.243 e. The second-order valence-corrected chi connectivity index (χ2v) is 9.04. The number of rotatable bonds is 10. The average Bonchev–Trinajstić information content (AvgIpc) is 2.67. The van der Waals surface area contributed by atoms with Crippen molar-refractivity contribution >= 4 is 33.2 Å². The molecule has 0 unspecified atom stereocenters. The van der Waals surface area contributed by atoms with E-state index in [0.717, 1.165) is 29.2 Å². The zero-order valence-electron chi connectivity index (χ0n) is 16.9. The van der Waals surface area contributed by atoms with Gasteiger partial charge in [-0.05, 0) is 55.3 Å². The molecule has 0 aliphatic heterocycles. The molecule has 0 aliphatic rings. The highest BCUT2D eigenvalue weighted by Crippen LogP contribution is 2.23. The van der Waals surface area contributed by atoms with E-state index in [1.165, 1.54) is 12.5 Å². The summed E-state index contributed by atoms with van der Waals surface area (Å²) >= 11 is 5.87. The van der Waals surface area contributed by atoms with Gasteiger partial charge in [0.2, 0.25) is 15.9 Å². The maximum absolute atomic E-state index is 12.5. The van der Waals surface area contributed by atoms with Crippen molar-refractivity contribution in [1.82, 2.24) is 5.32 Å². The van der Waals surface area contributed by atoms with Crippen LogP contribution in [0.3, 0.4) is 0 Å². The number of nitrogens with one attached hydrogen (secondary N) is 1. The van der Waals surface area contributed by atoms with Crippen LogP contribution in [0.4, 0.5) is 5.69 Å². The molecule has 0 aliphatic carbocycles. The van der Waals surface area contributed by atoms with E-state index in [4.69, 9.17) is 16.3 Å². The van der Waals surface area contributed by atoms with Crippen molar-refractivity contribution in [3.63, 3.8) is 0 Å². The number of benzene rings is 2. The quantitative estimate of drug-likeness (QED) is 0.574. The van der Waals surface area contributed by atoms with Gasteiger partial charge in [0.1, 0.15) is 18.4 Å². The van der Waals surface area contributed by atoms with Crippen LogP contribution in [0.25, 0.3) is 0 Å². The summed E-state index contributed by atoms with van der Waals surface area (Å²) in [5.74, 6) is 0.318. The third-order valence-corrected chi connectivity index (χ3v) is 5.80. The maximum atomic E-state index is 12.5. The van der Waals surface area contributed by atoms with E-state index in [9.17, 15) is 13.2 Å². The molecule has 2 aromatic rings. The molecular formula is C21H27ClN2O4S. The molecule has 1 atom stereocenters. The van der Waals surface area contributed by atoms with Crippen LogP contribution in [0.2, 0.25) is 5.02 Å². The van der Waals surface area contributed by atoms with Crippen molar-refractivity contribution in [2.75, 3.05) is 23.7 Å². The van der Waals surface area contributed by atoms with Gasteiger partial charge in [0.05, 0.1) is 18.5 Å². The lowest BCUT2D eigenvalue weighted by atomic mass is 10.1. The number of hydrogen-bond donors (Lipinski definition) is 1. The predicted octanol–water partition coefficient (Wildman–Crippen LogP) is 3.64. The highest BCUT2D eigenvalue weighted by atomic mass is 35.5. The molecule has 0 saturated heterocycles. The Labute approximate surface area is 177 Å². The molecule has 0 spiro atoms. The minimum absolute atomic E-state index is 0.262. The van der Waals surface area contributed by atoms with Crippen LogP contribution < -0.4 is 14.4 Å². The number of carbonyl (C=O) groups excluding carboxylic acids is 1. The van der Waals surface area contributed by atoms with Crippen LogP contribution in [0.15, 0.2) is 48.5 Å². The Balaban J connectivity index is 1.91. The molecule has 0 saturated carbocycles. The summed E-state index contributed by atoms with van der Waals surface area (Å²) in [5.41, 5.74) is 1.63. The normalized spacial score (nSPS) is 12.3. The van der Waals surface area contributed by atoms with E-state index < -0.39 is 22.0 Å². The lowest BCUT2D eigenvalue weighted by Crippen LogP contribution is -2.48. The van der Waals surface area contributed by atoms with Crippen LogP contribution in [-0.2, 0) is 21.2 Å². The largest absolute Gasteiger partial charge is 0.492 e. The second kappa shape index (κ2) is 10.5. The minimum Gasteiger partial charge on any atom is -0.492 e.